The van der Waals surface area contributed by atoms with E-state index in [-0.39, 0.29) is 11.8 Å². The van der Waals surface area contributed by atoms with Crippen molar-refractivity contribution in [3.05, 3.63) is 35.5 Å². The van der Waals surface area contributed by atoms with Gasteiger partial charge in [0.05, 0.1) is 11.8 Å². The third-order valence-electron chi connectivity index (χ3n) is 2.66. The predicted molar refractivity (Wildman–Crippen MR) is 71.5 cm³/mol. The van der Waals surface area contributed by atoms with Gasteiger partial charge in [0.1, 0.15) is 11.4 Å². The summed E-state index contributed by atoms with van der Waals surface area (Å²) in [5.41, 5.74) is 2.45. The first kappa shape index (κ1) is 13.1. The molecule has 100 valence electrons. The van der Waals surface area contributed by atoms with Crippen molar-refractivity contribution in [2.45, 2.75) is 26.9 Å². The van der Waals surface area contributed by atoms with Crippen LogP contribution in [0, 0.1) is 6.92 Å². The molecule has 0 radical (unpaired) electrons. The fourth-order valence-corrected chi connectivity index (χ4v) is 1.88. The van der Waals surface area contributed by atoms with Gasteiger partial charge in [0.2, 0.25) is 0 Å². The topological polar surface area (TPSA) is 75.2 Å². The van der Waals surface area contributed by atoms with Gasteiger partial charge in [-0.25, -0.2) is 4.79 Å². The minimum Gasteiger partial charge on any atom is -0.490 e. The van der Waals surface area contributed by atoms with Crippen LogP contribution in [0.25, 0.3) is 11.3 Å². The molecule has 0 saturated heterocycles. The molecule has 0 unspecified atom stereocenters. The van der Waals surface area contributed by atoms with Crippen molar-refractivity contribution < 1.29 is 14.6 Å². The summed E-state index contributed by atoms with van der Waals surface area (Å²) in [6.07, 6.45) is 0.0402. The van der Waals surface area contributed by atoms with E-state index in [1.807, 2.05) is 39.0 Å². The Hall–Kier alpha value is -2.30. The monoisotopic (exact) mass is 260 g/mol. The van der Waals surface area contributed by atoms with Crippen molar-refractivity contribution in [3.63, 3.8) is 0 Å². The van der Waals surface area contributed by atoms with Crippen molar-refractivity contribution in [1.29, 1.82) is 0 Å². The molecule has 0 atom stereocenters. The van der Waals surface area contributed by atoms with Crippen LogP contribution in [0.2, 0.25) is 0 Å². The lowest BCUT2D eigenvalue weighted by atomic mass is 10.0. The van der Waals surface area contributed by atoms with Gasteiger partial charge < -0.3 is 9.84 Å². The molecular weight excluding hydrogens is 244 g/mol. The van der Waals surface area contributed by atoms with Gasteiger partial charge in [-0.15, -0.1) is 0 Å². The smallest absolute Gasteiger partial charge is 0.353 e. The van der Waals surface area contributed by atoms with Crippen LogP contribution < -0.4 is 4.74 Å². The second-order valence-corrected chi connectivity index (χ2v) is 4.59. The van der Waals surface area contributed by atoms with Crippen LogP contribution in [-0.2, 0) is 0 Å². The Balaban J connectivity index is 2.50. The third-order valence-corrected chi connectivity index (χ3v) is 2.66. The van der Waals surface area contributed by atoms with E-state index < -0.39 is 5.97 Å². The number of hydrogen-bond donors (Lipinski definition) is 2. The highest BCUT2D eigenvalue weighted by Crippen LogP contribution is 2.32. The van der Waals surface area contributed by atoms with E-state index in [4.69, 9.17) is 9.84 Å². The average molecular weight is 260 g/mol. The SMILES string of the molecule is Cc1cccc(OC(C)C)c1-c1cc(C(=O)O)[nH]n1. The molecule has 0 aliphatic carbocycles. The number of nitrogens with one attached hydrogen (secondary N) is 1. The molecule has 0 spiro atoms. The zero-order chi connectivity index (χ0) is 14.0. The Labute approximate surface area is 111 Å². The summed E-state index contributed by atoms with van der Waals surface area (Å²) >= 11 is 0. The van der Waals surface area contributed by atoms with Crippen molar-refractivity contribution in [1.82, 2.24) is 10.2 Å². The van der Waals surface area contributed by atoms with Crippen molar-refractivity contribution in [3.8, 4) is 17.0 Å². The fourth-order valence-electron chi connectivity index (χ4n) is 1.88. The van der Waals surface area contributed by atoms with Crippen LogP contribution in [-0.4, -0.2) is 27.4 Å². The Kier molecular flexibility index (Phi) is 3.55. The zero-order valence-electron chi connectivity index (χ0n) is 11.1. The predicted octanol–water partition coefficient (Wildman–Crippen LogP) is 2.87. The van der Waals surface area contributed by atoms with Crippen LogP contribution in [0.4, 0.5) is 0 Å². The largest absolute Gasteiger partial charge is 0.490 e. The standard InChI is InChI=1S/C14H16N2O3/c1-8(2)19-12-6-4-5-9(3)13(12)10-7-11(14(17)18)16-15-10/h4-8H,1-3H3,(H,15,16)(H,17,18). The van der Waals surface area contributed by atoms with Crippen LogP contribution in [0.1, 0.15) is 29.9 Å². The van der Waals surface area contributed by atoms with E-state index in [1.165, 1.54) is 6.07 Å². The number of carboxylic acids is 1. The van der Waals surface area contributed by atoms with Gasteiger partial charge in [-0.1, -0.05) is 12.1 Å². The van der Waals surface area contributed by atoms with E-state index >= 15 is 0 Å². The maximum absolute atomic E-state index is 10.9. The number of benzene rings is 1. The van der Waals surface area contributed by atoms with Gasteiger partial charge in [0.25, 0.3) is 0 Å². The molecule has 0 aliphatic rings. The highest BCUT2D eigenvalue weighted by molar-refractivity contribution is 5.87. The van der Waals surface area contributed by atoms with Gasteiger partial charge >= 0.3 is 5.97 Å². The van der Waals surface area contributed by atoms with Crippen LogP contribution >= 0.6 is 0 Å². The molecule has 1 aromatic heterocycles. The first-order valence-electron chi connectivity index (χ1n) is 6.04. The van der Waals surface area contributed by atoms with Crippen molar-refractivity contribution in [2.24, 2.45) is 0 Å². The molecule has 5 nitrogen and oxygen atoms in total. The first-order valence-corrected chi connectivity index (χ1v) is 6.04. The molecule has 1 aromatic carbocycles. The summed E-state index contributed by atoms with van der Waals surface area (Å²) < 4.78 is 5.75. The molecule has 0 aliphatic heterocycles. The average Bonchev–Trinajstić information content (AvgIpc) is 2.77. The van der Waals surface area contributed by atoms with Gasteiger partial charge in [-0.2, -0.15) is 5.10 Å². The van der Waals surface area contributed by atoms with Gasteiger partial charge in [0, 0.05) is 5.56 Å². The number of carbonyl (C=O) groups is 1. The second-order valence-electron chi connectivity index (χ2n) is 4.59. The molecule has 0 bridgehead atoms. The highest BCUT2D eigenvalue weighted by Gasteiger charge is 2.15. The Morgan fingerprint density at radius 2 is 2.16 bits per heavy atom. The molecule has 5 heteroatoms. The summed E-state index contributed by atoms with van der Waals surface area (Å²) in [4.78, 5) is 10.9. The second kappa shape index (κ2) is 5.14. The summed E-state index contributed by atoms with van der Waals surface area (Å²) in [5, 5.41) is 15.5. The number of aromatic carboxylic acids is 1. The third kappa shape index (κ3) is 2.76. The van der Waals surface area contributed by atoms with Crippen molar-refractivity contribution >= 4 is 5.97 Å². The zero-order valence-corrected chi connectivity index (χ0v) is 11.1. The van der Waals surface area contributed by atoms with Crippen molar-refractivity contribution in [2.75, 3.05) is 0 Å². The number of nitrogens with zero attached hydrogens (tertiary/aromatic N) is 1. The molecule has 1 heterocycles. The summed E-state index contributed by atoms with van der Waals surface area (Å²) in [7, 11) is 0. The molecule has 2 aromatic rings. The molecule has 19 heavy (non-hydrogen) atoms. The number of aromatic nitrogens is 2. The molecule has 0 fully saturated rings. The molecular formula is C14H16N2O3. The lowest BCUT2D eigenvalue weighted by molar-refractivity contribution is 0.0690. The van der Waals surface area contributed by atoms with E-state index in [2.05, 4.69) is 10.2 Å². The van der Waals surface area contributed by atoms with E-state index in [0.717, 1.165) is 11.1 Å². The van der Waals surface area contributed by atoms with E-state index in [1.54, 1.807) is 0 Å². The lowest BCUT2D eigenvalue weighted by Crippen LogP contribution is -2.07. The molecule has 0 saturated carbocycles. The number of hydrogen-bond acceptors (Lipinski definition) is 3. The minimum absolute atomic E-state index is 0.0402. The molecule has 0 amide bonds. The summed E-state index contributed by atoms with van der Waals surface area (Å²) in [6.45, 7) is 5.83. The first-order chi connectivity index (χ1) is 8.99. The molecule has 2 rings (SSSR count). The van der Waals surface area contributed by atoms with Gasteiger partial charge in [-0.3, -0.25) is 5.10 Å². The summed E-state index contributed by atoms with van der Waals surface area (Å²) in [6, 6.07) is 7.22. The lowest BCUT2D eigenvalue weighted by Gasteiger charge is -2.14. The molecule has 2 N–H and O–H groups in total. The number of H-pyrrole nitrogens is 1. The minimum atomic E-state index is -1.03. The Morgan fingerprint density at radius 3 is 2.74 bits per heavy atom. The Bertz CT molecular complexity index is 602. The maximum Gasteiger partial charge on any atom is 0.353 e. The highest BCUT2D eigenvalue weighted by atomic mass is 16.5. The van der Waals surface area contributed by atoms with Gasteiger partial charge in [0.15, 0.2) is 0 Å². The maximum atomic E-state index is 10.9. The van der Waals surface area contributed by atoms with Crippen LogP contribution in [0.15, 0.2) is 24.3 Å². The number of carboxylic acid groups (broad SMARTS) is 1. The van der Waals surface area contributed by atoms with Crippen LogP contribution in [0.5, 0.6) is 5.75 Å². The van der Waals surface area contributed by atoms with E-state index in [9.17, 15) is 4.79 Å². The van der Waals surface area contributed by atoms with Crippen LogP contribution in [0.3, 0.4) is 0 Å². The quantitative estimate of drug-likeness (QED) is 0.886. The number of ether oxygens (including phenoxy) is 1. The normalized spacial score (nSPS) is 10.7. The van der Waals surface area contributed by atoms with Gasteiger partial charge in [-0.05, 0) is 38.5 Å². The Morgan fingerprint density at radius 1 is 1.42 bits per heavy atom. The van der Waals surface area contributed by atoms with E-state index in [0.29, 0.717) is 11.4 Å². The number of rotatable bonds is 4. The fraction of sp³-hybridized carbons (Fsp3) is 0.286. The number of aryl methyl sites for hydroxylation is 1. The number of aromatic amines is 1. The summed E-state index contributed by atoms with van der Waals surface area (Å²) in [5.74, 6) is -0.322.